The quantitative estimate of drug-likeness (QED) is 0.790. The summed E-state index contributed by atoms with van der Waals surface area (Å²) in [6.45, 7) is 2.00. The Bertz CT molecular complexity index is 456. The molecule has 0 amide bonds. The summed E-state index contributed by atoms with van der Waals surface area (Å²) in [6.07, 6.45) is 0.691. The van der Waals surface area contributed by atoms with Crippen molar-refractivity contribution in [2.75, 3.05) is 30.3 Å². The molecule has 0 atom stereocenters. The minimum absolute atomic E-state index is 0.237. The largest absolute Gasteiger partial charge is 0.374 e. The predicted octanol–water partition coefficient (Wildman–Crippen LogP) is -0.259. The number of nitrogen functional groups attached to an aromatic ring is 1. The van der Waals surface area contributed by atoms with Gasteiger partial charge < -0.3 is 5.73 Å². The van der Waals surface area contributed by atoms with E-state index in [1.807, 2.05) is 0 Å². The van der Waals surface area contributed by atoms with Gasteiger partial charge in [-0.05, 0) is 13.0 Å². The van der Waals surface area contributed by atoms with Gasteiger partial charge in [0.1, 0.15) is 5.01 Å². The van der Waals surface area contributed by atoms with Gasteiger partial charge in [-0.1, -0.05) is 11.3 Å². The SMILES string of the molecule is Nc1nnc(CN2CCCS(=O)(=O)CC2)s1. The monoisotopic (exact) mass is 262 g/mol. The number of anilines is 1. The molecule has 1 saturated heterocycles. The van der Waals surface area contributed by atoms with Crippen molar-refractivity contribution in [2.45, 2.75) is 13.0 Å². The zero-order valence-corrected chi connectivity index (χ0v) is 10.4. The van der Waals surface area contributed by atoms with Crippen molar-refractivity contribution >= 4 is 26.3 Å². The number of aromatic nitrogens is 2. The minimum Gasteiger partial charge on any atom is -0.374 e. The van der Waals surface area contributed by atoms with Crippen molar-refractivity contribution in [1.82, 2.24) is 15.1 Å². The molecule has 6 nitrogen and oxygen atoms in total. The lowest BCUT2D eigenvalue weighted by molar-refractivity contribution is 0.286. The first-order valence-electron chi connectivity index (χ1n) is 5.06. The molecular formula is C8H14N4O2S2. The lowest BCUT2D eigenvalue weighted by Crippen LogP contribution is -2.26. The third-order valence-electron chi connectivity index (χ3n) is 2.49. The Morgan fingerprint density at radius 1 is 1.31 bits per heavy atom. The van der Waals surface area contributed by atoms with Gasteiger partial charge in [-0.3, -0.25) is 4.90 Å². The van der Waals surface area contributed by atoms with Gasteiger partial charge >= 0.3 is 0 Å². The molecule has 2 heterocycles. The third-order valence-corrected chi connectivity index (χ3v) is 4.94. The maximum atomic E-state index is 11.4. The van der Waals surface area contributed by atoms with E-state index in [9.17, 15) is 8.42 Å². The zero-order valence-electron chi connectivity index (χ0n) is 8.79. The van der Waals surface area contributed by atoms with E-state index >= 15 is 0 Å². The Morgan fingerprint density at radius 3 is 2.81 bits per heavy atom. The molecule has 1 fully saturated rings. The van der Waals surface area contributed by atoms with Gasteiger partial charge in [0.05, 0.1) is 18.1 Å². The highest BCUT2D eigenvalue weighted by molar-refractivity contribution is 7.91. The Morgan fingerprint density at radius 2 is 2.12 bits per heavy atom. The molecule has 16 heavy (non-hydrogen) atoms. The molecule has 2 rings (SSSR count). The highest BCUT2D eigenvalue weighted by atomic mass is 32.2. The van der Waals surface area contributed by atoms with Gasteiger partial charge in [-0.25, -0.2) is 8.42 Å². The summed E-state index contributed by atoms with van der Waals surface area (Å²) in [5.74, 6) is 0.531. The average Bonchev–Trinajstić information content (AvgIpc) is 2.52. The smallest absolute Gasteiger partial charge is 0.203 e. The van der Waals surface area contributed by atoms with Crippen LogP contribution in [0.4, 0.5) is 5.13 Å². The Hall–Kier alpha value is -0.730. The van der Waals surface area contributed by atoms with Gasteiger partial charge in [-0.2, -0.15) is 0 Å². The standard InChI is InChI=1S/C8H14N4O2S2/c9-8-11-10-7(15-8)6-12-2-1-4-16(13,14)5-3-12/h1-6H2,(H2,9,11). The minimum atomic E-state index is -2.84. The number of sulfone groups is 1. The fraction of sp³-hybridized carbons (Fsp3) is 0.750. The van der Waals surface area contributed by atoms with E-state index in [-0.39, 0.29) is 5.75 Å². The van der Waals surface area contributed by atoms with Crippen LogP contribution in [0, 0.1) is 0 Å². The van der Waals surface area contributed by atoms with Gasteiger partial charge in [-0.15, -0.1) is 10.2 Å². The van der Waals surface area contributed by atoms with E-state index in [0.717, 1.165) is 11.6 Å². The van der Waals surface area contributed by atoms with Gasteiger partial charge in [0.2, 0.25) is 5.13 Å². The highest BCUT2D eigenvalue weighted by Gasteiger charge is 2.19. The van der Waals surface area contributed by atoms with Gasteiger partial charge in [0.25, 0.3) is 0 Å². The van der Waals surface area contributed by atoms with Crippen LogP contribution < -0.4 is 5.73 Å². The molecule has 0 spiro atoms. The van der Waals surface area contributed by atoms with Crippen LogP contribution in [0.3, 0.4) is 0 Å². The van der Waals surface area contributed by atoms with Crippen LogP contribution in [-0.2, 0) is 16.4 Å². The molecule has 90 valence electrons. The second-order valence-electron chi connectivity index (χ2n) is 3.82. The van der Waals surface area contributed by atoms with Crippen LogP contribution in [0.15, 0.2) is 0 Å². The van der Waals surface area contributed by atoms with Crippen molar-refractivity contribution < 1.29 is 8.42 Å². The van der Waals surface area contributed by atoms with E-state index in [2.05, 4.69) is 15.1 Å². The molecule has 1 aliphatic heterocycles. The number of hydrogen-bond donors (Lipinski definition) is 1. The lowest BCUT2D eigenvalue weighted by Gasteiger charge is -2.16. The van der Waals surface area contributed by atoms with E-state index in [1.165, 1.54) is 11.3 Å². The third kappa shape index (κ3) is 3.13. The summed E-state index contributed by atoms with van der Waals surface area (Å²) in [7, 11) is -2.84. The molecule has 1 aromatic heterocycles. The fourth-order valence-corrected chi connectivity index (χ4v) is 3.63. The first-order chi connectivity index (χ1) is 7.55. The van der Waals surface area contributed by atoms with E-state index in [1.54, 1.807) is 0 Å². The van der Waals surface area contributed by atoms with Crippen LogP contribution in [0.5, 0.6) is 0 Å². The molecule has 8 heteroatoms. The molecule has 0 unspecified atom stereocenters. The molecule has 2 N–H and O–H groups in total. The van der Waals surface area contributed by atoms with E-state index < -0.39 is 9.84 Å². The maximum absolute atomic E-state index is 11.4. The Labute approximate surface area is 98.4 Å². The van der Waals surface area contributed by atoms with Gasteiger partial charge in [0.15, 0.2) is 9.84 Å². The predicted molar refractivity (Wildman–Crippen MR) is 62.9 cm³/mol. The second kappa shape index (κ2) is 4.64. The molecule has 0 saturated carbocycles. The maximum Gasteiger partial charge on any atom is 0.203 e. The van der Waals surface area contributed by atoms with Crippen molar-refractivity contribution in [1.29, 1.82) is 0 Å². The zero-order chi connectivity index (χ0) is 11.6. The van der Waals surface area contributed by atoms with Crippen molar-refractivity contribution in [2.24, 2.45) is 0 Å². The normalized spacial score (nSPS) is 21.8. The van der Waals surface area contributed by atoms with Crippen LogP contribution in [0.1, 0.15) is 11.4 Å². The van der Waals surface area contributed by atoms with E-state index in [0.29, 0.717) is 30.4 Å². The summed E-state index contributed by atoms with van der Waals surface area (Å²) in [5, 5.41) is 8.96. The summed E-state index contributed by atoms with van der Waals surface area (Å²) in [4.78, 5) is 2.09. The van der Waals surface area contributed by atoms with Crippen molar-refractivity contribution in [3.05, 3.63) is 5.01 Å². The molecule has 1 aliphatic rings. The first kappa shape index (κ1) is 11.7. The molecule has 0 aromatic carbocycles. The molecule has 0 aliphatic carbocycles. The van der Waals surface area contributed by atoms with Gasteiger partial charge in [0, 0.05) is 6.54 Å². The van der Waals surface area contributed by atoms with Crippen molar-refractivity contribution in [3.63, 3.8) is 0 Å². The van der Waals surface area contributed by atoms with Crippen LogP contribution in [-0.4, -0.2) is 48.1 Å². The molecular weight excluding hydrogens is 248 g/mol. The molecule has 0 radical (unpaired) electrons. The lowest BCUT2D eigenvalue weighted by atomic mass is 10.4. The average molecular weight is 262 g/mol. The summed E-state index contributed by atoms with van der Waals surface area (Å²) < 4.78 is 22.8. The first-order valence-corrected chi connectivity index (χ1v) is 7.69. The van der Waals surface area contributed by atoms with Crippen molar-refractivity contribution in [3.8, 4) is 0 Å². The molecule has 0 bridgehead atoms. The van der Waals surface area contributed by atoms with Crippen LogP contribution in [0.25, 0.3) is 0 Å². The van der Waals surface area contributed by atoms with Crippen LogP contribution in [0.2, 0.25) is 0 Å². The number of nitrogens with two attached hydrogens (primary N) is 1. The summed E-state index contributed by atoms with van der Waals surface area (Å²) in [6, 6.07) is 0. The number of rotatable bonds is 2. The summed E-state index contributed by atoms with van der Waals surface area (Å²) in [5.41, 5.74) is 5.49. The summed E-state index contributed by atoms with van der Waals surface area (Å²) >= 11 is 1.35. The van der Waals surface area contributed by atoms with Crippen LogP contribution >= 0.6 is 11.3 Å². The highest BCUT2D eigenvalue weighted by Crippen LogP contribution is 2.15. The topological polar surface area (TPSA) is 89.2 Å². The number of nitrogens with zero attached hydrogens (tertiary/aromatic N) is 3. The van der Waals surface area contributed by atoms with E-state index in [4.69, 9.17) is 5.73 Å². The fourth-order valence-electron chi connectivity index (χ4n) is 1.67. The Balaban J connectivity index is 1.96. The molecule has 1 aromatic rings. The number of hydrogen-bond acceptors (Lipinski definition) is 7. The Kier molecular flexibility index (Phi) is 3.41. The second-order valence-corrected chi connectivity index (χ2v) is 7.21.